The summed E-state index contributed by atoms with van der Waals surface area (Å²) < 4.78 is 5.89. The molecule has 7 nitrogen and oxygen atoms in total. The highest BCUT2D eigenvalue weighted by Crippen LogP contribution is 2.24. The second-order valence-corrected chi connectivity index (χ2v) is 8.80. The van der Waals surface area contributed by atoms with Gasteiger partial charge in [-0.2, -0.15) is 4.98 Å². The molecule has 0 aliphatic heterocycles. The van der Waals surface area contributed by atoms with Crippen molar-refractivity contribution in [1.82, 2.24) is 15.3 Å². The van der Waals surface area contributed by atoms with Gasteiger partial charge in [0, 0.05) is 37.4 Å². The van der Waals surface area contributed by atoms with Crippen molar-refractivity contribution in [3.63, 3.8) is 0 Å². The van der Waals surface area contributed by atoms with Gasteiger partial charge in [-0.05, 0) is 69.9 Å². The Hall–Kier alpha value is -2.54. The Bertz CT molecular complexity index is 849. The zero-order chi connectivity index (χ0) is 21.7. The minimum atomic E-state index is -0.969. The van der Waals surface area contributed by atoms with Crippen LogP contribution < -0.4 is 20.3 Å². The largest absolute Gasteiger partial charge is 0.478 e. The molecule has 30 heavy (non-hydrogen) atoms. The number of amides is 1. The summed E-state index contributed by atoms with van der Waals surface area (Å²) in [4.78, 5) is 23.6. The summed E-state index contributed by atoms with van der Waals surface area (Å²) in [7, 11) is 3.91. The SMILES string of the molecule is CN(C)c1ccnc(N[C@H]2CC[C@@H](NC(=O)C(C)(C)Oc3ccc(Cl)cc3)CC2)n1. The second kappa shape index (κ2) is 9.51. The number of carbonyl (C=O) groups excluding carboxylic acids is 1. The lowest BCUT2D eigenvalue weighted by Crippen LogP contribution is -2.51. The van der Waals surface area contributed by atoms with Crippen LogP contribution in [0.15, 0.2) is 36.5 Å². The van der Waals surface area contributed by atoms with E-state index in [-0.39, 0.29) is 11.9 Å². The monoisotopic (exact) mass is 431 g/mol. The average Bonchev–Trinajstić information content (AvgIpc) is 2.71. The summed E-state index contributed by atoms with van der Waals surface area (Å²) in [5, 5.41) is 7.20. The van der Waals surface area contributed by atoms with Crippen molar-refractivity contribution in [2.75, 3.05) is 24.3 Å². The Labute approximate surface area is 183 Å². The summed E-state index contributed by atoms with van der Waals surface area (Å²) in [6, 6.07) is 9.34. The first-order valence-electron chi connectivity index (χ1n) is 10.3. The summed E-state index contributed by atoms with van der Waals surface area (Å²) in [6.07, 6.45) is 5.44. The summed E-state index contributed by atoms with van der Waals surface area (Å²) in [5.41, 5.74) is -0.969. The number of anilines is 2. The van der Waals surface area contributed by atoms with E-state index >= 15 is 0 Å². The van der Waals surface area contributed by atoms with Crippen LogP contribution in [0.1, 0.15) is 39.5 Å². The Morgan fingerprint density at radius 1 is 1.10 bits per heavy atom. The van der Waals surface area contributed by atoms with E-state index < -0.39 is 5.60 Å². The molecule has 3 rings (SSSR count). The number of benzene rings is 1. The van der Waals surface area contributed by atoms with Crippen molar-refractivity contribution >= 4 is 29.3 Å². The fourth-order valence-corrected chi connectivity index (χ4v) is 3.56. The summed E-state index contributed by atoms with van der Waals surface area (Å²) in [6.45, 7) is 3.55. The van der Waals surface area contributed by atoms with Gasteiger partial charge in [-0.25, -0.2) is 4.98 Å². The second-order valence-electron chi connectivity index (χ2n) is 8.37. The van der Waals surface area contributed by atoms with E-state index in [1.165, 1.54) is 0 Å². The van der Waals surface area contributed by atoms with Gasteiger partial charge in [0.15, 0.2) is 5.60 Å². The van der Waals surface area contributed by atoms with Gasteiger partial charge in [-0.3, -0.25) is 4.79 Å². The lowest BCUT2D eigenvalue weighted by molar-refractivity contribution is -0.135. The van der Waals surface area contributed by atoms with E-state index in [1.54, 1.807) is 44.3 Å². The minimum Gasteiger partial charge on any atom is -0.478 e. The predicted molar refractivity (Wildman–Crippen MR) is 120 cm³/mol. The van der Waals surface area contributed by atoms with Gasteiger partial charge in [0.25, 0.3) is 5.91 Å². The molecule has 0 saturated heterocycles. The quantitative estimate of drug-likeness (QED) is 0.692. The molecule has 1 aliphatic carbocycles. The molecule has 1 heterocycles. The van der Waals surface area contributed by atoms with Crippen LogP contribution in [0.2, 0.25) is 5.02 Å². The van der Waals surface area contributed by atoms with Crippen molar-refractivity contribution in [3.05, 3.63) is 41.6 Å². The molecule has 1 amide bonds. The van der Waals surface area contributed by atoms with Crippen LogP contribution >= 0.6 is 11.6 Å². The predicted octanol–water partition coefficient (Wildman–Crippen LogP) is 3.89. The fourth-order valence-electron chi connectivity index (χ4n) is 3.44. The molecule has 1 saturated carbocycles. The van der Waals surface area contributed by atoms with Gasteiger partial charge in [0.2, 0.25) is 5.95 Å². The van der Waals surface area contributed by atoms with Crippen LogP contribution in [-0.2, 0) is 4.79 Å². The van der Waals surface area contributed by atoms with E-state index in [4.69, 9.17) is 16.3 Å². The Balaban J connectivity index is 1.48. The number of nitrogens with zero attached hydrogens (tertiary/aromatic N) is 3. The molecule has 8 heteroatoms. The standard InChI is InChI=1S/C22H30ClN5O2/c1-22(2,30-18-11-5-15(23)6-12-18)20(29)25-16-7-9-17(10-8-16)26-21-24-14-13-19(27-21)28(3)4/h5-6,11-14,16-17H,7-10H2,1-4H3,(H,25,29)(H,24,26,27)/t16-,17+. The van der Waals surface area contributed by atoms with E-state index in [2.05, 4.69) is 20.6 Å². The summed E-state index contributed by atoms with van der Waals surface area (Å²) >= 11 is 5.91. The molecule has 0 bridgehead atoms. The van der Waals surface area contributed by atoms with Crippen LogP contribution in [-0.4, -0.2) is 47.7 Å². The fraction of sp³-hybridized carbons (Fsp3) is 0.500. The van der Waals surface area contributed by atoms with E-state index in [0.29, 0.717) is 22.8 Å². The molecule has 2 N–H and O–H groups in total. The molecule has 0 radical (unpaired) electrons. The first kappa shape index (κ1) is 22.2. The third kappa shape index (κ3) is 5.98. The van der Waals surface area contributed by atoms with Gasteiger partial charge in [-0.15, -0.1) is 0 Å². The lowest BCUT2D eigenvalue weighted by atomic mass is 9.90. The zero-order valence-corrected chi connectivity index (χ0v) is 18.7. The first-order chi connectivity index (χ1) is 14.2. The van der Waals surface area contributed by atoms with Gasteiger partial charge in [0.05, 0.1) is 0 Å². The van der Waals surface area contributed by atoms with Crippen molar-refractivity contribution in [2.45, 2.75) is 57.2 Å². The maximum atomic E-state index is 12.8. The van der Waals surface area contributed by atoms with Crippen molar-refractivity contribution < 1.29 is 9.53 Å². The minimum absolute atomic E-state index is 0.115. The number of aromatic nitrogens is 2. The van der Waals surface area contributed by atoms with Crippen LogP contribution in [0, 0.1) is 0 Å². The summed E-state index contributed by atoms with van der Waals surface area (Å²) in [5.74, 6) is 2.02. The third-order valence-corrected chi connectivity index (χ3v) is 5.48. The number of halogens is 1. The third-order valence-electron chi connectivity index (χ3n) is 5.23. The molecule has 0 atom stereocenters. The smallest absolute Gasteiger partial charge is 0.263 e. The Kier molecular flexibility index (Phi) is 7.02. The normalized spacial score (nSPS) is 19.1. The van der Waals surface area contributed by atoms with Crippen molar-refractivity contribution in [3.8, 4) is 5.75 Å². The molecule has 1 aromatic heterocycles. The van der Waals surface area contributed by atoms with E-state index in [1.807, 2.05) is 25.1 Å². The Morgan fingerprint density at radius 3 is 2.37 bits per heavy atom. The number of rotatable bonds is 7. The zero-order valence-electron chi connectivity index (χ0n) is 18.0. The molecule has 162 valence electrons. The van der Waals surface area contributed by atoms with Crippen molar-refractivity contribution in [2.24, 2.45) is 0 Å². The molecule has 0 spiro atoms. The highest BCUT2D eigenvalue weighted by atomic mass is 35.5. The van der Waals surface area contributed by atoms with Crippen molar-refractivity contribution in [1.29, 1.82) is 0 Å². The number of ether oxygens (including phenoxy) is 1. The van der Waals surface area contributed by atoms with Crippen LogP contribution in [0.25, 0.3) is 0 Å². The number of hydrogen-bond donors (Lipinski definition) is 2. The van der Waals surface area contributed by atoms with Crippen LogP contribution in [0.5, 0.6) is 5.75 Å². The molecule has 1 fully saturated rings. The average molecular weight is 432 g/mol. The van der Waals surface area contributed by atoms with Crippen LogP contribution in [0.4, 0.5) is 11.8 Å². The molecular formula is C22H30ClN5O2. The Morgan fingerprint density at radius 2 is 1.73 bits per heavy atom. The molecule has 0 unspecified atom stereocenters. The maximum absolute atomic E-state index is 12.8. The lowest BCUT2D eigenvalue weighted by Gasteiger charge is -2.32. The number of carbonyl (C=O) groups is 1. The highest BCUT2D eigenvalue weighted by molar-refractivity contribution is 6.30. The number of nitrogens with one attached hydrogen (secondary N) is 2. The van der Waals surface area contributed by atoms with Gasteiger partial charge in [0.1, 0.15) is 11.6 Å². The van der Waals surface area contributed by atoms with Gasteiger partial charge < -0.3 is 20.3 Å². The molecule has 2 aromatic rings. The highest BCUT2D eigenvalue weighted by Gasteiger charge is 2.33. The molecular weight excluding hydrogens is 402 g/mol. The number of hydrogen-bond acceptors (Lipinski definition) is 6. The van der Waals surface area contributed by atoms with Gasteiger partial charge in [-0.1, -0.05) is 11.6 Å². The maximum Gasteiger partial charge on any atom is 0.263 e. The first-order valence-corrected chi connectivity index (χ1v) is 10.6. The van der Waals surface area contributed by atoms with E-state index in [9.17, 15) is 4.79 Å². The van der Waals surface area contributed by atoms with Gasteiger partial charge >= 0.3 is 0 Å². The molecule has 1 aliphatic rings. The van der Waals surface area contributed by atoms with E-state index in [0.717, 1.165) is 31.5 Å². The van der Waals surface area contributed by atoms with Crippen LogP contribution in [0.3, 0.4) is 0 Å². The molecule has 1 aromatic carbocycles. The topological polar surface area (TPSA) is 79.4 Å².